The molecule has 0 spiro atoms. The first-order chi connectivity index (χ1) is 7.29. The Balaban J connectivity index is 2.14. The lowest BCUT2D eigenvalue weighted by Gasteiger charge is -2.26. The normalized spacial score (nSPS) is 16.7. The largest absolute Gasteiger partial charge is 0.448 e. The number of unbranched alkanes of at least 4 members (excludes halogenated alkanes) is 1. The molecule has 1 aliphatic rings. The van der Waals surface area contributed by atoms with E-state index in [0.29, 0.717) is 0 Å². The molecule has 0 aromatic heterocycles. The highest BCUT2D eigenvalue weighted by Gasteiger charge is 2.38. The van der Waals surface area contributed by atoms with Gasteiger partial charge in [-0.1, -0.05) is 32.4 Å². The Morgan fingerprint density at radius 2 is 1.67 bits per heavy atom. The van der Waals surface area contributed by atoms with Gasteiger partial charge < -0.3 is 9.47 Å². The van der Waals surface area contributed by atoms with Crippen LogP contribution in [-0.2, 0) is 0 Å². The Kier molecular flexibility index (Phi) is 2.85. The summed E-state index contributed by atoms with van der Waals surface area (Å²) in [6.07, 6.45) is 4.17. The average molecular weight is 206 g/mol. The number of para-hydroxylation sites is 2. The van der Waals surface area contributed by atoms with Crippen LogP contribution in [0.2, 0.25) is 0 Å². The number of hydrogen-bond donors (Lipinski definition) is 0. The summed E-state index contributed by atoms with van der Waals surface area (Å²) in [7, 11) is 0. The van der Waals surface area contributed by atoms with Crippen molar-refractivity contribution in [2.24, 2.45) is 0 Å². The maximum absolute atomic E-state index is 5.92. The van der Waals surface area contributed by atoms with Crippen LogP contribution in [-0.4, -0.2) is 5.79 Å². The first-order valence-corrected chi connectivity index (χ1v) is 5.77. The van der Waals surface area contributed by atoms with Crippen molar-refractivity contribution in [3.63, 3.8) is 0 Å². The van der Waals surface area contributed by atoms with Crippen LogP contribution < -0.4 is 9.47 Å². The molecule has 0 bridgehead atoms. The lowest BCUT2D eigenvalue weighted by atomic mass is 10.1. The lowest BCUT2D eigenvalue weighted by molar-refractivity contribution is -0.0894. The van der Waals surface area contributed by atoms with Gasteiger partial charge in [0.25, 0.3) is 5.79 Å². The van der Waals surface area contributed by atoms with Crippen LogP contribution in [0.3, 0.4) is 0 Å². The fourth-order valence-electron chi connectivity index (χ4n) is 1.91. The van der Waals surface area contributed by atoms with Gasteiger partial charge in [-0.2, -0.15) is 0 Å². The summed E-state index contributed by atoms with van der Waals surface area (Å²) in [4.78, 5) is 0. The van der Waals surface area contributed by atoms with Crippen molar-refractivity contribution in [2.45, 2.75) is 45.3 Å². The van der Waals surface area contributed by atoms with E-state index in [1.807, 2.05) is 24.3 Å². The summed E-state index contributed by atoms with van der Waals surface area (Å²) in [5, 5.41) is 0. The van der Waals surface area contributed by atoms with Gasteiger partial charge in [-0.15, -0.1) is 0 Å². The molecule has 0 unspecified atom stereocenters. The number of benzene rings is 1. The number of ether oxygens (including phenoxy) is 2. The Morgan fingerprint density at radius 1 is 1.07 bits per heavy atom. The van der Waals surface area contributed by atoms with Gasteiger partial charge >= 0.3 is 0 Å². The van der Waals surface area contributed by atoms with Crippen LogP contribution in [0.15, 0.2) is 24.3 Å². The Morgan fingerprint density at radius 3 is 2.13 bits per heavy atom. The quantitative estimate of drug-likeness (QED) is 0.746. The zero-order valence-corrected chi connectivity index (χ0v) is 9.45. The molecule has 0 saturated heterocycles. The highest BCUT2D eigenvalue weighted by atomic mass is 16.7. The molecule has 0 N–H and O–H groups in total. The van der Waals surface area contributed by atoms with E-state index >= 15 is 0 Å². The molecule has 2 rings (SSSR count). The maximum Gasteiger partial charge on any atom is 0.251 e. The van der Waals surface area contributed by atoms with E-state index in [2.05, 4.69) is 13.8 Å². The molecule has 1 aromatic rings. The van der Waals surface area contributed by atoms with Crippen LogP contribution in [0.4, 0.5) is 0 Å². The molecule has 15 heavy (non-hydrogen) atoms. The zero-order chi connectivity index (χ0) is 10.7. The highest BCUT2D eigenvalue weighted by Crippen LogP contribution is 2.42. The second kappa shape index (κ2) is 4.13. The fraction of sp³-hybridized carbons (Fsp3) is 0.538. The van der Waals surface area contributed by atoms with Gasteiger partial charge in [-0.05, 0) is 18.6 Å². The molecule has 1 heterocycles. The van der Waals surface area contributed by atoms with Crippen molar-refractivity contribution >= 4 is 0 Å². The van der Waals surface area contributed by atoms with Crippen molar-refractivity contribution in [1.29, 1.82) is 0 Å². The summed E-state index contributed by atoms with van der Waals surface area (Å²) in [6, 6.07) is 7.90. The van der Waals surface area contributed by atoms with Crippen molar-refractivity contribution in [3.8, 4) is 11.5 Å². The third-order valence-electron chi connectivity index (χ3n) is 2.89. The zero-order valence-electron chi connectivity index (χ0n) is 9.45. The second-order valence-electron chi connectivity index (χ2n) is 4.02. The molecule has 82 valence electrons. The smallest absolute Gasteiger partial charge is 0.251 e. The van der Waals surface area contributed by atoms with Gasteiger partial charge in [0.05, 0.1) is 0 Å². The summed E-state index contributed by atoms with van der Waals surface area (Å²) >= 11 is 0. The molecule has 2 heteroatoms. The number of hydrogen-bond acceptors (Lipinski definition) is 2. The molecule has 0 radical (unpaired) electrons. The molecule has 1 aromatic carbocycles. The minimum absolute atomic E-state index is 0.403. The molecule has 0 fully saturated rings. The van der Waals surface area contributed by atoms with Gasteiger partial charge in [0.15, 0.2) is 11.5 Å². The van der Waals surface area contributed by atoms with Crippen LogP contribution in [0.5, 0.6) is 11.5 Å². The predicted octanol–water partition coefficient (Wildman–Crippen LogP) is 3.75. The van der Waals surface area contributed by atoms with Crippen LogP contribution in [0.25, 0.3) is 0 Å². The molecule has 0 atom stereocenters. The van der Waals surface area contributed by atoms with E-state index < -0.39 is 5.79 Å². The van der Waals surface area contributed by atoms with Gasteiger partial charge in [0, 0.05) is 12.8 Å². The minimum Gasteiger partial charge on any atom is -0.448 e. The molecule has 0 aliphatic carbocycles. The van der Waals surface area contributed by atoms with Crippen molar-refractivity contribution < 1.29 is 9.47 Å². The Bertz CT molecular complexity index is 308. The minimum atomic E-state index is -0.403. The van der Waals surface area contributed by atoms with E-state index in [1.165, 1.54) is 6.42 Å². The fourth-order valence-corrected chi connectivity index (χ4v) is 1.91. The lowest BCUT2D eigenvalue weighted by Crippen LogP contribution is -2.37. The highest BCUT2D eigenvalue weighted by molar-refractivity contribution is 5.42. The van der Waals surface area contributed by atoms with Crippen LogP contribution in [0, 0.1) is 0 Å². The topological polar surface area (TPSA) is 18.5 Å². The number of fused-ring (bicyclic) bond motifs is 1. The maximum atomic E-state index is 5.92. The first-order valence-electron chi connectivity index (χ1n) is 5.77. The van der Waals surface area contributed by atoms with E-state index in [4.69, 9.17) is 9.47 Å². The second-order valence-corrected chi connectivity index (χ2v) is 4.02. The third-order valence-corrected chi connectivity index (χ3v) is 2.89. The monoisotopic (exact) mass is 206 g/mol. The molecular weight excluding hydrogens is 188 g/mol. The third kappa shape index (κ3) is 1.94. The molecule has 0 saturated carbocycles. The molecule has 2 nitrogen and oxygen atoms in total. The van der Waals surface area contributed by atoms with E-state index in [1.54, 1.807) is 0 Å². The van der Waals surface area contributed by atoms with Crippen LogP contribution >= 0.6 is 0 Å². The predicted molar refractivity (Wildman–Crippen MR) is 60.2 cm³/mol. The summed E-state index contributed by atoms with van der Waals surface area (Å²) in [5.74, 6) is 1.37. The SMILES string of the molecule is CCCCC1(CC)Oc2ccccc2O1. The van der Waals surface area contributed by atoms with E-state index in [9.17, 15) is 0 Å². The number of rotatable bonds is 4. The molecular formula is C13H18O2. The Hall–Kier alpha value is -1.18. The summed E-state index contributed by atoms with van der Waals surface area (Å²) < 4.78 is 11.8. The van der Waals surface area contributed by atoms with Crippen molar-refractivity contribution in [2.75, 3.05) is 0 Å². The summed E-state index contributed by atoms with van der Waals surface area (Å²) in [5.41, 5.74) is 0. The first kappa shape index (κ1) is 10.3. The van der Waals surface area contributed by atoms with E-state index in [-0.39, 0.29) is 0 Å². The molecule has 1 aliphatic heterocycles. The van der Waals surface area contributed by atoms with Gasteiger partial charge in [-0.25, -0.2) is 0 Å². The summed E-state index contributed by atoms with van der Waals surface area (Å²) in [6.45, 7) is 4.30. The van der Waals surface area contributed by atoms with Gasteiger partial charge in [0.2, 0.25) is 0 Å². The Labute approximate surface area is 91.2 Å². The standard InChI is InChI=1S/C13H18O2/c1-3-5-10-13(4-2)14-11-8-6-7-9-12(11)15-13/h6-9H,3-5,10H2,1-2H3. The van der Waals surface area contributed by atoms with Gasteiger partial charge in [-0.3, -0.25) is 0 Å². The van der Waals surface area contributed by atoms with E-state index in [0.717, 1.165) is 30.8 Å². The molecule has 0 amide bonds. The van der Waals surface area contributed by atoms with Crippen LogP contribution in [0.1, 0.15) is 39.5 Å². The van der Waals surface area contributed by atoms with Crippen molar-refractivity contribution in [3.05, 3.63) is 24.3 Å². The average Bonchev–Trinajstić information content (AvgIpc) is 2.65. The van der Waals surface area contributed by atoms with Crippen molar-refractivity contribution in [1.82, 2.24) is 0 Å². The van der Waals surface area contributed by atoms with Gasteiger partial charge in [0.1, 0.15) is 0 Å².